The highest BCUT2D eigenvalue weighted by molar-refractivity contribution is 5.52. The van der Waals surface area contributed by atoms with E-state index in [1.807, 2.05) is 12.1 Å². The van der Waals surface area contributed by atoms with E-state index in [-0.39, 0.29) is 12.4 Å². The van der Waals surface area contributed by atoms with E-state index in [4.69, 9.17) is 14.6 Å². The monoisotopic (exact) mass is 296 g/mol. The molecule has 4 nitrogen and oxygen atoms in total. The summed E-state index contributed by atoms with van der Waals surface area (Å²) in [7, 11) is 0. The predicted octanol–water partition coefficient (Wildman–Crippen LogP) is 3.67. The minimum Gasteiger partial charge on any atom is -0.502 e. The third-order valence-electron chi connectivity index (χ3n) is 3.23. The van der Waals surface area contributed by atoms with Crippen molar-refractivity contribution < 1.29 is 19.7 Å². The largest absolute Gasteiger partial charge is 0.502 e. The van der Waals surface area contributed by atoms with Crippen molar-refractivity contribution in [2.45, 2.75) is 52.4 Å². The van der Waals surface area contributed by atoms with Gasteiger partial charge in [0.25, 0.3) is 0 Å². The number of hydrogen-bond donors (Lipinski definition) is 2. The first-order valence-corrected chi connectivity index (χ1v) is 7.95. The van der Waals surface area contributed by atoms with Crippen molar-refractivity contribution >= 4 is 0 Å². The summed E-state index contributed by atoms with van der Waals surface area (Å²) in [5.74, 6) is 1.03. The Balaban J connectivity index is 2.84. The second-order valence-corrected chi connectivity index (χ2v) is 5.17. The van der Waals surface area contributed by atoms with Crippen LogP contribution < -0.4 is 9.47 Å². The number of aromatic hydroxyl groups is 1. The van der Waals surface area contributed by atoms with E-state index in [2.05, 4.69) is 13.8 Å². The van der Waals surface area contributed by atoms with Crippen LogP contribution in [0, 0.1) is 0 Å². The van der Waals surface area contributed by atoms with E-state index < -0.39 is 0 Å². The number of aliphatic hydroxyl groups excluding tert-OH is 1. The number of phenols is 1. The predicted molar refractivity (Wildman–Crippen MR) is 84.3 cm³/mol. The van der Waals surface area contributed by atoms with Gasteiger partial charge in [-0.25, -0.2) is 0 Å². The Labute approximate surface area is 127 Å². The fourth-order valence-electron chi connectivity index (χ4n) is 1.94. The molecule has 0 radical (unpaired) electrons. The van der Waals surface area contributed by atoms with Crippen LogP contribution in [0.15, 0.2) is 12.1 Å². The van der Waals surface area contributed by atoms with Crippen molar-refractivity contribution in [1.29, 1.82) is 0 Å². The number of phenolic OH excluding ortho intramolecular Hbond substituents is 1. The molecule has 2 N–H and O–H groups in total. The van der Waals surface area contributed by atoms with E-state index in [0.29, 0.717) is 31.1 Å². The first-order chi connectivity index (χ1) is 10.2. The van der Waals surface area contributed by atoms with Gasteiger partial charge in [-0.1, -0.05) is 26.7 Å². The normalized spacial score (nSPS) is 10.6. The zero-order valence-corrected chi connectivity index (χ0v) is 13.2. The molecule has 0 saturated heterocycles. The van der Waals surface area contributed by atoms with Crippen LogP contribution in [-0.2, 0) is 6.42 Å². The molecule has 0 unspecified atom stereocenters. The molecule has 0 amide bonds. The van der Waals surface area contributed by atoms with Crippen LogP contribution in [0.25, 0.3) is 0 Å². The average molecular weight is 296 g/mol. The van der Waals surface area contributed by atoms with E-state index in [1.54, 1.807) is 0 Å². The molecule has 0 aliphatic carbocycles. The fraction of sp³-hybridized carbons (Fsp3) is 0.647. The van der Waals surface area contributed by atoms with Gasteiger partial charge in [-0.05, 0) is 43.4 Å². The van der Waals surface area contributed by atoms with Crippen molar-refractivity contribution in [1.82, 2.24) is 0 Å². The van der Waals surface area contributed by atoms with E-state index >= 15 is 0 Å². The molecular weight excluding hydrogens is 268 g/mol. The molecule has 0 heterocycles. The molecule has 0 aromatic heterocycles. The van der Waals surface area contributed by atoms with Crippen molar-refractivity contribution in [2.24, 2.45) is 0 Å². The molecule has 0 atom stereocenters. The number of rotatable bonds is 11. The molecule has 4 heteroatoms. The van der Waals surface area contributed by atoms with Crippen molar-refractivity contribution in [2.75, 3.05) is 19.8 Å². The van der Waals surface area contributed by atoms with Gasteiger partial charge in [0.05, 0.1) is 13.2 Å². The Kier molecular flexibility index (Phi) is 8.67. The van der Waals surface area contributed by atoms with Gasteiger partial charge in [0.1, 0.15) is 0 Å². The maximum Gasteiger partial charge on any atom is 0.200 e. The Bertz CT molecular complexity index is 373. The van der Waals surface area contributed by atoms with E-state index in [1.165, 1.54) is 0 Å². The molecule has 0 spiro atoms. The quantitative estimate of drug-likeness (QED) is 0.612. The van der Waals surface area contributed by atoms with Gasteiger partial charge < -0.3 is 19.7 Å². The summed E-state index contributed by atoms with van der Waals surface area (Å²) in [4.78, 5) is 0. The minimum atomic E-state index is 0.0787. The SMILES string of the molecule is CCCCOc1cc(CCCO)cc(OCCCC)c1O. The molecular formula is C17H28O4. The minimum absolute atomic E-state index is 0.0787. The Morgan fingerprint density at radius 2 is 1.43 bits per heavy atom. The Hall–Kier alpha value is -1.42. The first kappa shape index (κ1) is 17.6. The lowest BCUT2D eigenvalue weighted by molar-refractivity contribution is 0.266. The number of hydrogen-bond acceptors (Lipinski definition) is 4. The zero-order chi connectivity index (χ0) is 15.5. The summed E-state index contributed by atoms with van der Waals surface area (Å²) in [6.07, 6.45) is 5.42. The number of unbranched alkanes of at least 4 members (excludes halogenated alkanes) is 2. The molecule has 120 valence electrons. The second-order valence-electron chi connectivity index (χ2n) is 5.17. The summed E-state index contributed by atoms with van der Waals surface area (Å²) in [6.45, 7) is 5.52. The van der Waals surface area contributed by atoms with E-state index in [0.717, 1.165) is 37.7 Å². The summed E-state index contributed by atoms with van der Waals surface area (Å²) in [5, 5.41) is 19.2. The molecule has 21 heavy (non-hydrogen) atoms. The Morgan fingerprint density at radius 1 is 0.905 bits per heavy atom. The highest BCUT2D eigenvalue weighted by Gasteiger charge is 2.12. The van der Waals surface area contributed by atoms with Gasteiger partial charge in [0, 0.05) is 6.61 Å². The molecule has 0 bridgehead atoms. The van der Waals surface area contributed by atoms with Gasteiger partial charge in [-0.3, -0.25) is 0 Å². The summed E-state index contributed by atoms with van der Waals surface area (Å²) < 4.78 is 11.3. The Morgan fingerprint density at radius 3 is 1.86 bits per heavy atom. The van der Waals surface area contributed by atoms with Gasteiger partial charge in [0.15, 0.2) is 11.5 Å². The molecule has 1 aromatic carbocycles. The summed E-state index contributed by atoms with van der Waals surface area (Å²) in [6, 6.07) is 3.68. The van der Waals surface area contributed by atoms with Crippen LogP contribution in [0.1, 0.15) is 51.5 Å². The van der Waals surface area contributed by atoms with Crippen LogP contribution >= 0.6 is 0 Å². The smallest absolute Gasteiger partial charge is 0.200 e. The first-order valence-electron chi connectivity index (χ1n) is 7.95. The lowest BCUT2D eigenvalue weighted by Gasteiger charge is -2.14. The molecule has 0 saturated carbocycles. The molecule has 1 aromatic rings. The standard InChI is InChI=1S/C17H28O4/c1-3-5-10-20-15-12-14(8-7-9-18)13-16(17(15)19)21-11-6-4-2/h12-13,18-19H,3-11H2,1-2H3. The van der Waals surface area contributed by atoms with Gasteiger partial charge in [-0.15, -0.1) is 0 Å². The zero-order valence-electron chi connectivity index (χ0n) is 13.2. The fourth-order valence-corrected chi connectivity index (χ4v) is 1.94. The third kappa shape index (κ3) is 6.25. The van der Waals surface area contributed by atoms with Crippen LogP contribution in [0.3, 0.4) is 0 Å². The highest BCUT2D eigenvalue weighted by Crippen LogP contribution is 2.38. The van der Waals surface area contributed by atoms with Gasteiger partial charge >= 0.3 is 0 Å². The molecule has 0 aliphatic rings. The van der Waals surface area contributed by atoms with Gasteiger partial charge in [-0.2, -0.15) is 0 Å². The maximum absolute atomic E-state index is 10.2. The number of aliphatic hydroxyl groups is 1. The number of ether oxygens (including phenoxy) is 2. The van der Waals surface area contributed by atoms with Crippen molar-refractivity contribution in [3.05, 3.63) is 17.7 Å². The maximum atomic E-state index is 10.2. The highest BCUT2D eigenvalue weighted by atomic mass is 16.5. The molecule has 1 rings (SSSR count). The second kappa shape index (κ2) is 10.3. The lowest BCUT2D eigenvalue weighted by atomic mass is 10.1. The topological polar surface area (TPSA) is 58.9 Å². The molecule has 0 aliphatic heterocycles. The lowest BCUT2D eigenvalue weighted by Crippen LogP contribution is -2.02. The summed E-state index contributed by atoms with van der Waals surface area (Å²) >= 11 is 0. The molecule has 0 fully saturated rings. The number of benzene rings is 1. The van der Waals surface area contributed by atoms with Crippen LogP contribution in [-0.4, -0.2) is 30.0 Å². The van der Waals surface area contributed by atoms with Crippen molar-refractivity contribution in [3.63, 3.8) is 0 Å². The van der Waals surface area contributed by atoms with Crippen LogP contribution in [0.5, 0.6) is 17.2 Å². The average Bonchev–Trinajstić information content (AvgIpc) is 2.49. The van der Waals surface area contributed by atoms with E-state index in [9.17, 15) is 5.11 Å². The number of aryl methyl sites for hydroxylation is 1. The van der Waals surface area contributed by atoms with Crippen LogP contribution in [0.2, 0.25) is 0 Å². The van der Waals surface area contributed by atoms with Crippen LogP contribution in [0.4, 0.5) is 0 Å². The summed E-state index contributed by atoms with van der Waals surface area (Å²) in [5.41, 5.74) is 1.01. The van der Waals surface area contributed by atoms with Gasteiger partial charge in [0.2, 0.25) is 5.75 Å². The third-order valence-corrected chi connectivity index (χ3v) is 3.23. The van der Waals surface area contributed by atoms with Crippen molar-refractivity contribution in [3.8, 4) is 17.2 Å².